The van der Waals surface area contributed by atoms with Crippen molar-refractivity contribution in [2.45, 2.75) is 25.1 Å². The van der Waals surface area contributed by atoms with Gasteiger partial charge in [0.05, 0.1) is 11.7 Å². The molecule has 0 aliphatic carbocycles. The Morgan fingerprint density at radius 2 is 1.78 bits per heavy atom. The number of aliphatic hydroxyl groups excluding tert-OH is 1. The number of nitrogens with one attached hydrogen (secondary N) is 1. The van der Waals surface area contributed by atoms with E-state index >= 15 is 0 Å². The monoisotopic (exact) mass is 381 g/mol. The maximum absolute atomic E-state index is 13.1. The zero-order valence-electron chi connectivity index (χ0n) is 15.1. The van der Waals surface area contributed by atoms with Crippen LogP contribution in [0.5, 0.6) is 0 Å². The van der Waals surface area contributed by atoms with Gasteiger partial charge in [-0.15, -0.1) is 0 Å². The molecule has 0 radical (unpaired) electrons. The molecule has 0 fully saturated rings. The molecule has 27 heavy (non-hydrogen) atoms. The summed E-state index contributed by atoms with van der Waals surface area (Å²) in [6, 6.07) is 8.94. The van der Waals surface area contributed by atoms with Crippen LogP contribution in [0.15, 0.2) is 42.6 Å². The van der Waals surface area contributed by atoms with E-state index in [1.807, 2.05) is 31.1 Å². The summed E-state index contributed by atoms with van der Waals surface area (Å²) in [6.07, 6.45) is -2.97. The molecule has 0 spiro atoms. The highest BCUT2D eigenvalue weighted by atomic mass is 19.3. The second-order valence-corrected chi connectivity index (χ2v) is 6.41. The van der Waals surface area contributed by atoms with Crippen LogP contribution in [0, 0.1) is 0 Å². The highest BCUT2D eigenvalue weighted by molar-refractivity contribution is 5.79. The number of pyridine rings is 1. The molecule has 0 aliphatic rings. The SMILES string of the molecule is CN(C)Cc1ccc(-c2ccc([C@H](O)[C@H](CF)NC(=O)C(F)F)cc2)cn1. The lowest BCUT2D eigenvalue weighted by molar-refractivity contribution is -0.133. The van der Waals surface area contributed by atoms with E-state index in [0.717, 1.165) is 23.4 Å². The zero-order valence-corrected chi connectivity index (χ0v) is 15.1. The van der Waals surface area contributed by atoms with Crippen LogP contribution in [0.3, 0.4) is 0 Å². The van der Waals surface area contributed by atoms with E-state index in [9.17, 15) is 23.1 Å². The molecule has 0 saturated carbocycles. The number of rotatable bonds is 8. The van der Waals surface area contributed by atoms with Crippen LogP contribution in [0.2, 0.25) is 0 Å². The summed E-state index contributed by atoms with van der Waals surface area (Å²) >= 11 is 0. The minimum absolute atomic E-state index is 0.313. The molecule has 0 unspecified atom stereocenters. The van der Waals surface area contributed by atoms with E-state index in [0.29, 0.717) is 5.56 Å². The van der Waals surface area contributed by atoms with Gasteiger partial charge in [-0.3, -0.25) is 9.78 Å². The number of alkyl halides is 3. The van der Waals surface area contributed by atoms with Gasteiger partial charge in [-0.05, 0) is 31.3 Å². The number of aromatic nitrogens is 1. The van der Waals surface area contributed by atoms with Crippen LogP contribution in [-0.4, -0.2) is 54.1 Å². The van der Waals surface area contributed by atoms with Crippen LogP contribution in [0.4, 0.5) is 13.2 Å². The average molecular weight is 381 g/mol. The Bertz CT molecular complexity index is 737. The summed E-state index contributed by atoms with van der Waals surface area (Å²) in [6.45, 7) is -0.445. The van der Waals surface area contributed by atoms with Gasteiger partial charge in [0.25, 0.3) is 5.91 Å². The molecule has 2 N–H and O–H groups in total. The Hall–Kier alpha value is -2.45. The molecule has 1 aromatic heterocycles. The van der Waals surface area contributed by atoms with E-state index in [2.05, 4.69) is 4.98 Å². The maximum atomic E-state index is 13.1. The predicted octanol–water partition coefficient (Wildman–Crippen LogP) is 2.56. The predicted molar refractivity (Wildman–Crippen MR) is 95.9 cm³/mol. The molecule has 5 nitrogen and oxygen atoms in total. The fraction of sp³-hybridized carbons (Fsp3) is 0.368. The number of carbonyl (C=O) groups excluding carboxylic acids is 1. The van der Waals surface area contributed by atoms with E-state index in [4.69, 9.17) is 0 Å². The first-order valence-electron chi connectivity index (χ1n) is 8.34. The van der Waals surface area contributed by atoms with Gasteiger partial charge in [-0.2, -0.15) is 8.78 Å². The molecular formula is C19H22F3N3O2. The van der Waals surface area contributed by atoms with Crippen LogP contribution in [-0.2, 0) is 11.3 Å². The molecule has 8 heteroatoms. The lowest BCUT2D eigenvalue weighted by Crippen LogP contribution is -2.43. The number of hydrogen-bond acceptors (Lipinski definition) is 4. The average Bonchev–Trinajstić information content (AvgIpc) is 2.65. The van der Waals surface area contributed by atoms with Gasteiger partial charge in [0, 0.05) is 18.3 Å². The van der Waals surface area contributed by atoms with Crippen molar-refractivity contribution in [2.75, 3.05) is 20.8 Å². The lowest BCUT2D eigenvalue weighted by atomic mass is 9.99. The van der Waals surface area contributed by atoms with Gasteiger partial charge in [-0.1, -0.05) is 30.3 Å². The summed E-state index contributed by atoms with van der Waals surface area (Å²) in [5, 5.41) is 12.0. The second-order valence-electron chi connectivity index (χ2n) is 6.41. The first-order chi connectivity index (χ1) is 12.8. The quantitative estimate of drug-likeness (QED) is 0.738. The number of halogens is 3. The van der Waals surface area contributed by atoms with E-state index in [1.54, 1.807) is 35.8 Å². The normalized spacial score (nSPS) is 13.6. The summed E-state index contributed by atoms with van der Waals surface area (Å²) in [5.41, 5.74) is 2.94. The highest BCUT2D eigenvalue weighted by Gasteiger charge is 2.26. The minimum atomic E-state index is -3.27. The van der Waals surface area contributed by atoms with Crippen LogP contribution >= 0.6 is 0 Å². The molecular weight excluding hydrogens is 359 g/mol. The third-order valence-corrected chi connectivity index (χ3v) is 3.96. The van der Waals surface area contributed by atoms with Crippen molar-refractivity contribution in [1.29, 1.82) is 0 Å². The standard InChI is InChI=1S/C19H22F3N3O2/c1-25(2)11-15-8-7-14(10-23-15)12-3-5-13(6-4-12)17(26)16(9-20)24-19(27)18(21)22/h3-8,10,16-18,26H,9,11H2,1-2H3,(H,24,27)/t16-,17-/m0/s1. The molecule has 1 heterocycles. The van der Waals surface area contributed by atoms with Crippen LogP contribution in [0.1, 0.15) is 17.4 Å². The first kappa shape index (κ1) is 20.9. The fourth-order valence-corrected chi connectivity index (χ4v) is 2.57. The molecule has 146 valence electrons. The van der Waals surface area contributed by atoms with Gasteiger partial charge in [0.15, 0.2) is 0 Å². The smallest absolute Gasteiger partial charge is 0.315 e. The topological polar surface area (TPSA) is 65.5 Å². The highest BCUT2D eigenvalue weighted by Crippen LogP contribution is 2.23. The Labute approximate surface area is 155 Å². The van der Waals surface area contributed by atoms with Crippen molar-refractivity contribution in [1.82, 2.24) is 15.2 Å². The van der Waals surface area contributed by atoms with Gasteiger partial charge in [0.1, 0.15) is 12.8 Å². The van der Waals surface area contributed by atoms with Crippen molar-refractivity contribution in [3.05, 3.63) is 53.9 Å². The Balaban J connectivity index is 2.10. The lowest BCUT2D eigenvalue weighted by Gasteiger charge is -2.22. The van der Waals surface area contributed by atoms with Crippen molar-refractivity contribution < 1.29 is 23.1 Å². The van der Waals surface area contributed by atoms with E-state index in [-0.39, 0.29) is 0 Å². The number of benzene rings is 1. The van der Waals surface area contributed by atoms with Gasteiger partial charge in [0.2, 0.25) is 0 Å². The van der Waals surface area contributed by atoms with Crippen molar-refractivity contribution >= 4 is 5.91 Å². The van der Waals surface area contributed by atoms with Gasteiger partial charge < -0.3 is 15.3 Å². The second kappa shape index (κ2) is 9.48. The number of amides is 1. The van der Waals surface area contributed by atoms with Crippen molar-refractivity contribution in [2.24, 2.45) is 0 Å². The number of hydrogen-bond donors (Lipinski definition) is 2. The Kier molecular flexibility index (Phi) is 7.32. The summed E-state index contributed by atoms with van der Waals surface area (Å²) in [7, 11) is 3.90. The first-order valence-corrected chi connectivity index (χ1v) is 8.34. The van der Waals surface area contributed by atoms with Crippen LogP contribution in [0.25, 0.3) is 11.1 Å². The molecule has 2 aromatic rings. The Morgan fingerprint density at radius 1 is 1.15 bits per heavy atom. The summed E-state index contributed by atoms with van der Waals surface area (Å²) in [4.78, 5) is 17.4. The third kappa shape index (κ3) is 5.77. The fourth-order valence-electron chi connectivity index (χ4n) is 2.57. The Morgan fingerprint density at radius 3 is 2.26 bits per heavy atom. The molecule has 1 amide bonds. The van der Waals surface area contributed by atoms with E-state index in [1.165, 1.54) is 0 Å². The minimum Gasteiger partial charge on any atom is -0.386 e. The zero-order chi connectivity index (χ0) is 20.0. The molecule has 2 atom stereocenters. The van der Waals surface area contributed by atoms with E-state index < -0.39 is 31.2 Å². The molecule has 1 aromatic carbocycles. The summed E-state index contributed by atoms with van der Waals surface area (Å²) < 4.78 is 37.7. The summed E-state index contributed by atoms with van der Waals surface area (Å²) in [5.74, 6) is -1.61. The number of aliphatic hydroxyl groups is 1. The molecule has 0 aliphatic heterocycles. The molecule has 0 bridgehead atoms. The number of carbonyl (C=O) groups is 1. The van der Waals surface area contributed by atoms with Gasteiger partial charge >= 0.3 is 6.43 Å². The molecule has 0 saturated heterocycles. The largest absolute Gasteiger partial charge is 0.386 e. The maximum Gasteiger partial charge on any atom is 0.315 e. The van der Waals surface area contributed by atoms with Crippen molar-refractivity contribution in [3.8, 4) is 11.1 Å². The third-order valence-electron chi connectivity index (χ3n) is 3.96. The number of nitrogens with zero attached hydrogens (tertiary/aromatic N) is 2. The molecule has 2 rings (SSSR count). The van der Waals surface area contributed by atoms with Crippen molar-refractivity contribution in [3.63, 3.8) is 0 Å². The van der Waals surface area contributed by atoms with Crippen LogP contribution < -0.4 is 5.32 Å². The van der Waals surface area contributed by atoms with Gasteiger partial charge in [-0.25, -0.2) is 4.39 Å².